The largest absolute Gasteiger partial charge is 0.398 e. The zero-order chi connectivity index (χ0) is 13.5. The van der Waals surface area contributed by atoms with Gasteiger partial charge in [-0.3, -0.25) is 0 Å². The topological polar surface area (TPSA) is 53.0 Å². The van der Waals surface area contributed by atoms with Gasteiger partial charge in [-0.1, -0.05) is 26.7 Å². The summed E-state index contributed by atoms with van der Waals surface area (Å²) in [7, 11) is 0. The maximum absolute atomic E-state index is 9.02. The fourth-order valence-electron chi connectivity index (χ4n) is 2.11. The Morgan fingerprint density at radius 3 is 2.44 bits per heavy atom. The van der Waals surface area contributed by atoms with Gasteiger partial charge < -0.3 is 10.6 Å². The number of hydrogen-bond donors (Lipinski definition) is 1. The lowest BCUT2D eigenvalue weighted by atomic mass is 10.0. The van der Waals surface area contributed by atoms with Gasteiger partial charge in [0.25, 0.3) is 0 Å². The highest BCUT2D eigenvalue weighted by molar-refractivity contribution is 5.62. The minimum absolute atomic E-state index is 0.555. The summed E-state index contributed by atoms with van der Waals surface area (Å²) in [6.07, 6.45) is 2.38. The summed E-state index contributed by atoms with van der Waals surface area (Å²) in [5, 5.41) is 9.02. The van der Waals surface area contributed by atoms with Crippen molar-refractivity contribution in [3.63, 3.8) is 0 Å². The average Bonchev–Trinajstić information content (AvgIpc) is 2.41. The van der Waals surface area contributed by atoms with Crippen LogP contribution in [-0.4, -0.2) is 13.1 Å². The minimum Gasteiger partial charge on any atom is -0.398 e. The molecule has 0 amide bonds. The van der Waals surface area contributed by atoms with Crippen molar-refractivity contribution in [2.24, 2.45) is 5.92 Å². The summed E-state index contributed by atoms with van der Waals surface area (Å²) < 4.78 is 0. The predicted octanol–water partition coefficient (Wildman–Crippen LogP) is 3.40. The lowest BCUT2D eigenvalue weighted by Gasteiger charge is -2.27. The second kappa shape index (κ2) is 6.90. The van der Waals surface area contributed by atoms with Crippen LogP contribution in [0.1, 0.15) is 39.2 Å². The molecule has 0 spiro atoms. The normalized spacial score (nSPS) is 10.4. The Kier molecular flexibility index (Phi) is 5.51. The van der Waals surface area contributed by atoms with Crippen molar-refractivity contribution < 1.29 is 0 Å². The number of nitrogen functional groups attached to an aromatic ring is 1. The van der Waals surface area contributed by atoms with Crippen LogP contribution in [0.4, 0.5) is 11.4 Å². The maximum atomic E-state index is 9.02. The van der Waals surface area contributed by atoms with E-state index in [0.717, 1.165) is 18.8 Å². The fraction of sp³-hybridized carbons (Fsp3) is 0.533. The second-order valence-electron chi connectivity index (χ2n) is 4.60. The minimum atomic E-state index is 0.555. The van der Waals surface area contributed by atoms with Gasteiger partial charge in [-0.2, -0.15) is 5.26 Å². The van der Waals surface area contributed by atoms with E-state index in [1.54, 1.807) is 0 Å². The molecule has 18 heavy (non-hydrogen) atoms. The molecule has 0 heterocycles. The summed E-state index contributed by atoms with van der Waals surface area (Å²) in [4.78, 5) is 2.32. The molecule has 0 atom stereocenters. The molecule has 98 valence electrons. The number of rotatable bonds is 6. The first kappa shape index (κ1) is 14.4. The van der Waals surface area contributed by atoms with Crippen LogP contribution in [0.2, 0.25) is 0 Å². The van der Waals surface area contributed by atoms with E-state index in [1.807, 2.05) is 18.2 Å². The smallest absolute Gasteiger partial charge is 0.101 e. The molecular weight excluding hydrogens is 222 g/mol. The van der Waals surface area contributed by atoms with Gasteiger partial charge in [0.05, 0.1) is 5.56 Å². The first-order valence-electron chi connectivity index (χ1n) is 6.70. The van der Waals surface area contributed by atoms with Crippen LogP contribution >= 0.6 is 0 Å². The molecule has 0 aliphatic heterocycles. The van der Waals surface area contributed by atoms with E-state index in [9.17, 15) is 0 Å². The van der Waals surface area contributed by atoms with Crippen LogP contribution < -0.4 is 10.6 Å². The summed E-state index contributed by atoms with van der Waals surface area (Å²) in [5.74, 6) is 0.702. The third-order valence-corrected chi connectivity index (χ3v) is 3.54. The zero-order valence-corrected chi connectivity index (χ0v) is 11.6. The highest BCUT2D eigenvalue weighted by Crippen LogP contribution is 2.22. The van der Waals surface area contributed by atoms with E-state index in [-0.39, 0.29) is 0 Å². The highest BCUT2D eigenvalue weighted by Gasteiger charge is 2.11. The summed E-state index contributed by atoms with van der Waals surface area (Å²) in [6, 6.07) is 7.86. The Morgan fingerprint density at radius 2 is 1.94 bits per heavy atom. The molecule has 3 heteroatoms. The number of nitrogens with zero attached hydrogens (tertiary/aromatic N) is 2. The van der Waals surface area contributed by atoms with E-state index in [4.69, 9.17) is 11.0 Å². The lowest BCUT2D eigenvalue weighted by molar-refractivity contribution is 0.486. The van der Waals surface area contributed by atoms with Gasteiger partial charge in [-0.15, -0.1) is 0 Å². The Hall–Kier alpha value is -1.69. The van der Waals surface area contributed by atoms with Crippen molar-refractivity contribution in [3.8, 4) is 6.07 Å². The van der Waals surface area contributed by atoms with Crippen molar-refractivity contribution in [2.75, 3.05) is 23.7 Å². The van der Waals surface area contributed by atoms with Crippen LogP contribution in [0.5, 0.6) is 0 Å². The molecule has 0 saturated heterocycles. The van der Waals surface area contributed by atoms with Gasteiger partial charge in [0.15, 0.2) is 0 Å². The number of anilines is 2. The first-order chi connectivity index (χ1) is 8.65. The van der Waals surface area contributed by atoms with Crippen LogP contribution in [0.15, 0.2) is 18.2 Å². The Labute approximate surface area is 110 Å². The first-order valence-corrected chi connectivity index (χ1v) is 6.70. The number of nitriles is 1. The number of benzene rings is 1. The van der Waals surface area contributed by atoms with Gasteiger partial charge in [0.1, 0.15) is 6.07 Å². The molecule has 1 aromatic carbocycles. The summed E-state index contributed by atoms with van der Waals surface area (Å²) >= 11 is 0. The van der Waals surface area contributed by atoms with E-state index in [0.29, 0.717) is 17.2 Å². The second-order valence-corrected chi connectivity index (χ2v) is 4.60. The molecule has 1 aromatic rings. The molecule has 3 nitrogen and oxygen atoms in total. The van der Waals surface area contributed by atoms with Crippen molar-refractivity contribution in [1.29, 1.82) is 5.26 Å². The zero-order valence-electron chi connectivity index (χ0n) is 11.6. The third kappa shape index (κ3) is 3.40. The summed E-state index contributed by atoms with van der Waals surface area (Å²) in [5.41, 5.74) is 7.97. The monoisotopic (exact) mass is 245 g/mol. The van der Waals surface area contributed by atoms with Crippen LogP contribution in [0, 0.1) is 17.2 Å². The average molecular weight is 245 g/mol. The van der Waals surface area contributed by atoms with E-state index >= 15 is 0 Å². The molecule has 2 N–H and O–H groups in total. The van der Waals surface area contributed by atoms with Crippen LogP contribution in [0.3, 0.4) is 0 Å². The van der Waals surface area contributed by atoms with Gasteiger partial charge in [0, 0.05) is 24.5 Å². The maximum Gasteiger partial charge on any atom is 0.101 e. The Bertz CT molecular complexity index is 416. The van der Waals surface area contributed by atoms with Crippen LogP contribution in [-0.2, 0) is 0 Å². The van der Waals surface area contributed by atoms with Crippen LogP contribution in [0.25, 0.3) is 0 Å². The predicted molar refractivity (Wildman–Crippen MR) is 77.5 cm³/mol. The van der Waals surface area contributed by atoms with Gasteiger partial charge in [-0.25, -0.2) is 0 Å². The molecule has 0 fully saturated rings. The third-order valence-electron chi connectivity index (χ3n) is 3.54. The molecule has 0 aromatic heterocycles. The Morgan fingerprint density at radius 1 is 1.28 bits per heavy atom. The SMILES string of the molecule is CCC(CC)CN(CC)c1ccc(N)c(C#N)c1. The standard InChI is InChI=1S/C15H23N3/c1-4-12(5-2)11-18(6-3)14-7-8-15(17)13(9-14)10-16/h7-9,12H,4-6,11,17H2,1-3H3. The number of nitrogens with two attached hydrogens (primary N) is 1. The molecule has 0 bridgehead atoms. The van der Waals surface area contributed by atoms with Gasteiger partial charge in [-0.05, 0) is 31.0 Å². The van der Waals surface area contributed by atoms with E-state index in [1.165, 1.54) is 12.8 Å². The molecule has 1 rings (SSSR count). The molecule has 0 unspecified atom stereocenters. The van der Waals surface area contributed by atoms with Gasteiger partial charge >= 0.3 is 0 Å². The van der Waals surface area contributed by atoms with E-state index in [2.05, 4.69) is 31.7 Å². The van der Waals surface area contributed by atoms with E-state index < -0.39 is 0 Å². The Balaban J connectivity index is 2.92. The lowest BCUT2D eigenvalue weighted by Crippen LogP contribution is -2.29. The van der Waals surface area contributed by atoms with Crippen molar-refractivity contribution in [3.05, 3.63) is 23.8 Å². The quantitative estimate of drug-likeness (QED) is 0.781. The van der Waals surface area contributed by atoms with Gasteiger partial charge in [0.2, 0.25) is 0 Å². The molecular formula is C15H23N3. The summed E-state index contributed by atoms with van der Waals surface area (Å²) in [6.45, 7) is 8.59. The highest BCUT2D eigenvalue weighted by atomic mass is 15.1. The molecule has 0 saturated carbocycles. The van der Waals surface area contributed by atoms with Crippen molar-refractivity contribution in [1.82, 2.24) is 0 Å². The molecule has 0 radical (unpaired) electrons. The van der Waals surface area contributed by atoms with Crippen molar-refractivity contribution in [2.45, 2.75) is 33.6 Å². The fourth-order valence-corrected chi connectivity index (χ4v) is 2.11. The number of hydrogen-bond acceptors (Lipinski definition) is 3. The van der Waals surface area contributed by atoms with Crippen molar-refractivity contribution >= 4 is 11.4 Å². The molecule has 0 aliphatic rings. The molecule has 0 aliphatic carbocycles.